The molecule has 0 aliphatic heterocycles. The smallest absolute Gasteiger partial charge is 0.178 e. The van der Waals surface area contributed by atoms with Gasteiger partial charge in [0.15, 0.2) is 5.78 Å². The number of ketones is 1. The van der Waals surface area contributed by atoms with Crippen molar-refractivity contribution in [1.82, 2.24) is 0 Å². The van der Waals surface area contributed by atoms with Crippen molar-refractivity contribution >= 4 is 5.78 Å². The van der Waals surface area contributed by atoms with Crippen molar-refractivity contribution in [3.63, 3.8) is 0 Å². The molecule has 2 N–H and O–H groups in total. The van der Waals surface area contributed by atoms with Crippen LogP contribution in [-0.2, 0) is 4.79 Å². The molecule has 3 heteroatoms. The average Bonchev–Trinajstić information content (AvgIpc) is 2.77. The van der Waals surface area contributed by atoms with Gasteiger partial charge in [-0.2, -0.15) is 0 Å². The molecule has 22 heavy (non-hydrogen) atoms. The zero-order chi connectivity index (χ0) is 15.7. The lowest BCUT2D eigenvalue weighted by molar-refractivity contribution is -0.114. The maximum Gasteiger partial charge on any atom is 0.178 e. The van der Waals surface area contributed by atoms with E-state index in [-0.39, 0.29) is 34.7 Å². The van der Waals surface area contributed by atoms with Crippen molar-refractivity contribution in [2.75, 3.05) is 0 Å². The molecule has 0 aromatic carbocycles. The van der Waals surface area contributed by atoms with Crippen LogP contribution in [0.3, 0.4) is 0 Å². The third-order valence-corrected chi connectivity index (χ3v) is 7.53. The highest BCUT2D eigenvalue weighted by Crippen LogP contribution is 2.64. The molecule has 0 heterocycles. The topological polar surface area (TPSA) is 57.5 Å². The molecule has 0 amide bonds. The van der Waals surface area contributed by atoms with Crippen LogP contribution in [0.15, 0.2) is 23.8 Å². The van der Waals surface area contributed by atoms with Gasteiger partial charge in [-0.15, -0.1) is 0 Å². The van der Waals surface area contributed by atoms with Gasteiger partial charge in [-0.25, -0.2) is 0 Å². The molecule has 0 bridgehead atoms. The molecule has 4 aliphatic rings. The predicted molar refractivity (Wildman–Crippen MR) is 84.0 cm³/mol. The van der Waals surface area contributed by atoms with Gasteiger partial charge in [0.1, 0.15) is 0 Å². The van der Waals surface area contributed by atoms with E-state index in [2.05, 4.69) is 19.9 Å². The average molecular weight is 302 g/mol. The van der Waals surface area contributed by atoms with Gasteiger partial charge in [-0.05, 0) is 67.4 Å². The van der Waals surface area contributed by atoms with Crippen LogP contribution in [-0.4, -0.2) is 28.2 Å². The molecule has 3 fully saturated rings. The van der Waals surface area contributed by atoms with E-state index in [4.69, 9.17) is 0 Å². The summed E-state index contributed by atoms with van der Waals surface area (Å²) in [7, 11) is 0. The lowest BCUT2D eigenvalue weighted by Gasteiger charge is -2.58. The van der Waals surface area contributed by atoms with Gasteiger partial charge in [-0.1, -0.05) is 25.5 Å². The minimum atomic E-state index is -0.376. The molecule has 4 rings (SSSR count). The van der Waals surface area contributed by atoms with Crippen molar-refractivity contribution in [3.05, 3.63) is 23.8 Å². The van der Waals surface area contributed by atoms with Crippen LogP contribution in [0.4, 0.5) is 0 Å². The second-order valence-electron chi connectivity index (χ2n) is 8.39. The summed E-state index contributed by atoms with van der Waals surface area (Å²) in [5.74, 6) is 1.09. The highest BCUT2D eigenvalue weighted by molar-refractivity contribution is 6.01. The van der Waals surface area contributed by atoms with Crippen LogP contribution in [0.5, 0.6) is 0 Å². The van der Waals surface area contributed by atoms with Crippen molar-refractivity contribution in [3.8, 4) is 0 Å². The summed E-state index contributed by atoms with van der Waals surface area (Å²) in [5, 5.41) is 21.3. The summed E-state index contributed by atoms with van der Waals surface area (Å²) < 4.78 is 0. The number of allylic oxidation sites excluding steroid dienone is 3. The third kappa shape index (κ3) is 1.73. The highest BCUT2D eigenvalue weighted by Gasteiger charge is 2.60. The maximum atomic E-state index is 11.7. The van der Waals surface area contributed by atoms with Crippen LogP contribution in [0.1, 0.15) is 46.0 Å². The Labute approximate surface area is 132 Å². The van der Waals surface area contributed by atoms with Crippen LogP contribution in [0, 0.1) is 28.6 Å². The Hall–Kier alpha value is -0.930. The molecule has 0 saturated heterocycles. The highest BCUT2D eigenvalue weighted by atomic mass is 16.3. The summed E-state index contributed by atoms with van der Waals surface area (Å²) in [4.78, 5) is 11.7. The van der Waals surface area contributed by atoms with Gasteiger partial charge < -0.3 is 10.2 Å². The minimum absolute atomic E-state index is 0.0338. The number of hydrogen-bond acceptors (Lipinski definition) is 3. The Bertz CT molecular complexity index is 577. The molecule has 4 aliphatic carbocycles. The first-order valence-electron chi connectivity index (χ1n) is 8.66. The minimum Gasteiger partial charge on any atom is -0.393 e. The lowest BCUT2D eigenvalue weighted by atomic mass is 9.47. The number of hydrogen-bond donors (Lipinski definition) is 2. The maximum absolute atomic E-state index is 11.7. The summed E-state index contributed by atoms with van der Waals surface area (Å²) >= 11 is 0. The van der Waals surface area contributed by atoms with E-state index in [1.165, 1.54) is 0 Å². The van der Waals surface area contributed by atoms with Gasteiger partial charge in [0.05, 0.1) is 12.2 Å². The van der Waals surface area contributed by atoms with Crippen LogP contribution in [0.25, 0.3) is 0 Å². The van der Waals surface area contributed by atoms with Crippen molar-refractivity contribution < 1.29 is 15.0 Å². The summed E-state index contributed by atoms with van der Waals surface area (Å²) in [6.45, 7) is 4.45. The first-order chi connectivity index (χ1) is 10.4. The molecule has 0 aromatic heterocycles. The number of fused-ring (bicyclic) bond motifs is 5. The van der Waals surface area contributed by atoms with Crippen LogP contribution >= 0.6 is 0 Å². The quantitative estimate of drug-likeness (QED) is 0.723. The van der Waals surface area contributed by atoms with Crippen molar-refractivity contribution in [2.24, 2.45) is 28.6 Å². The predicted octanol–water partition coefficient (Wildman–Crippen LogP) is 2.63. The Morgan fingerprint density at radius 2 is 1.91 bits per heavy atom. The fraction of sp³-hybridized carbons (Fsp3) is 0.737. The fourth-order valence-corrected chi connectivity index (χ4v) is 6.14. The van der Waals surface area contributed by atoms with E-state index < -0.39 is 0 Å². The molecule has 120 valence electrons. The van der Waals surface area contributed by atoms with E-state index >= 15 is 0 Å². The number of rotatable bonds is 0. The van der Waals surface area contributed by atoms with E-state index in [1.54, 1.807) is 12.2 Å². The monoisotopic (exact) mass is 302 g/mol. The van der Waals surface area contributed by atoms with E-state index in [0.717, 1.165) is 31.3 Å². The first-order valence-corrected chi connectivity index (χ1v) is 8.66. The van der Waals surface area contributed by atoms with Crippen molar-refractivity contribution in [2.45, 2.75) is 58.2 Å². The Morgan fingerprint density at radius 1 is 1.14 bits per heavy atom. The van der Waals surface area contributed by atoms with Crippen LogP contribution < -0.4 is 0 Å². The molecule has 0 radical (unpaired) electrons. The van der Waals surface area contributed by atoms with Gasteiger partial charge in [0, 0.05) is 5.41 Å². The Balaban J connectivity index is 1.75. The summed E-state index contributed by atoms with van der Waals surface area (Å²) in [5.41, 5.74) is 0.983. The SMILES string of the molecule is C[C@]12CC[C@H]3[C@@H]([C@H](O)CC4=CC(=O)C=C[C@@]43C)[C@@H]1CC[C@@H]2O. The molecule has 0 unspecified atom stereocenters. The third-order valence-electron chi connectivity index (χ3n) is 7.53. The largest absolute Gasteiger partial charge is 0.393 e. The molecule has 3 saturated carbocycles. The van der Waals surface area contributed by atoms with Crippen LogP contribution in [0.2, 0.25) is 0 Å². The Morgan fingerprint density at radius 3 is 2.68 bits per heavy atom. The van der Waals surface area contributed by atoms with E-state index in [1.807, 2.05) is 0 Å². The number of aliphatic hydroxyl groups is 2. The van der Waals surface area contributed by atoms with Gasteiger partial charge in [0.25, 0.3) is 0 Å². The zero-order valence-corrected chi connectivity index (χ0v) is 13.5. The fourth-order valence-electron chi connectivity index (χ4n) is 6.14. The van der Waals surface area contributed by atoms with E-state index in [0.29, 0.717) is 18.3 Å². The molecule has 3 nitrogen and oxygen atoms in total. The number of aliphatic hydroxyl groups excluding tert-OH is 2. The first kappa shape index (κ1) is 14.6. The molecule has 0 spiro atoms. The van der Waals surface area contributed by atoms with Gasteiger partial charge in [-0.3, -0.25) is 4.79 Å². The lowest BCUT2D eigenvalue weighted by Crippen LogP contribution is -2.55. The molecular weight excluding hydrogens is 276 g/mol. The standard InChI is InChI=1S/C19H26O3/c1-18-7-5-12(20)9-11(18)10-15(21)17-13-3-4-16(22)19(13,2)8-6-14(17)18/h5,7,9,13-17,21-22H,3-4,6,8,10H2,1-2H3/t13-,14-,15+,16-,17-,18-,19-/m0/s1. The number of carbonyl (C=O) groups is 1. The number of carbonyl (C=O) groups excluding carboxylic acids is 1. The Kier molecular flexibility index (Phi) is 3.03. The molecule has 7 atom stereocenters. The van der Waals surface area contributed by atoms with Crippen molar-refractivity contribution in [1.29, 1.82) is 0 Å². The summed E-state index contributed by atoms with van der Waals surface area (Å²) in [6.07, 6.45) is 9.48. The zero-order valence-electron chi connectivity index (χ0n) is 13.5. The second-order valence-corrected chi connectivity index (χ2v) is 8.39. The molecular formula is C19H26O3. The van der Waals surface area contributed by atoms with E-state index in [9.17, 15) is 15.0 Å². The second kappa shape index (κ2) is 4.55. The summed E-state index contributed by atoms with van der Waals surface area (Å²) in [6, 6.07) is 0. The normalized spacial score (nSPS) is 53.5. The van der Waals surface area contributed by atoms with Gasteiger partial charge in [0.2, 0.25) is 0 Å². The molecule has 0 aromatic rings. The van der Waals surface area contributed by atoms with Gasteiger partial charge >= 0.3 is 0 Å².